The van der Waals surface area contributed by atoms with Gasteiger partial charge < -0.3 is 15.2 Å². The molecule has 7 nitrogen and oxygen atoms in total. The maximum atomic E-state index is 12.5. The van der Waals surface area contributed by atoms with E-state index in [2.05, 4.69) is 15.8 Å². The normalized spacial score (nSPS) is 12.1. The topological polar surface area (TPSA) is 100 Å². The number of benzene rings is 2. The Balaban J connectivity index is 2.05. The molecule has 0 spiro atoms. The Morgan fingerprint density at radius 1 is 1.17 bits per heavy atom. The van der Waals surface area contributed by atoms with Crippen molar-refractivity contribution >= 4 is 41.2 Å². The molecule has 0 saturated carbocycles. The molecular formula is C21H23Cl2N3O4. The predicted octanol–water partition coefficient (Wildman–Crippen LogP) is 4.00. The number of halogens is 2. The highest BCUT2D eigenvalue weighted by Gasteiger charge is 2.24. The maximum Gasteiger partial charge on any atom is 0.262 e. The van der Waals surface area contributed by atoms with Gasteiger partial charge in [0.2, 0.25) is 0 Å². The van der Waals surface area contributed by atoms with Gasteiger partial charge in [-0.1, -0.05) is 37.0 Å². The van der Waals surface area contributed by atoms with Crippen LogP contribution in [0.15, 0.2) is 41.5 Å². The van der Waals surface area contributed by atoms with Crippen molar-refractivity contribution in [3.05, 3.63) is 57.6 Å². The molecule has 0 fully saturated rings. The van der Waals surface area contributed by atoms with Gasteiger partial charge in [0.05, 0.1) is 22.9 Å². The van der Waals surface area contributed by atoms with E-state index in [4.69, 9.17) is 27.9 Å². The number of nitrogens with zero attached hydrogens (tertiary/aromatic N) is 1. The average Bonchev–Trinajstić information content (AvgIpc) is 2.70. The van der Waals surface area contributed by atoms with Crippen LogP contribution in [0.4, 0.5) is 0 Å². The molecular weight excluding hydrogens is 429 g/mol. The maximum absolute atomic E-state index is 12.5. The number of phenolic OH excluding ortho intramolecular Hbond substituents is 1. The number of carbonyl (C=O) groups is 2. The van der Waals surface area contributed by atoms with E-state index in [1.54, 1.807) is 32.9 Å². The van der Waals surface area contributed by atoms with Crippen molar-refractivity contribution in [2.75, 3.05) is 6.61 Å². The number of rotatable bonds is 8. The summed E-state index contributed by atoms with van der Waals surface area (Å²) < 4.78 is 5.31. The number of amides is 2. The summed E-state index contributed by atoms with van der Waals surface area (Å²) in [6.07, 6.45) is 1.41. The van der Waals surface area contributed by atoms with Gasteiger partial charge in [0.1, 0.15) is 6.04 Å². The molecule has 0 saturated heterocycles. The fourth-order valence-electron chi connectivity index (χ4n) is 2.52. The van der Waals surface area contributed by atoms with Gasteiger partial charge in [0, 0.05) is 5.56 Å². The monoisotopic (exact) mass is 451 g/mol. The Morgan fingerprint density at radius 2 is 1.90 bits per heavy atom. The van der Waals surface area contributed by atoms with E-state index < -0.39 is 17.9 Å². The van der Waals surface area contributed by atoms with Crippen molar-refractivity contribution in [2.24, 2.45) is 11.0 Å². The lowest BCUT2D eigenvalue weighted by Gasteiger charge is -2.20. The van der Waals surface area contributed by atoms with Gasteiger partial charge in [-0.05, 0) is 54.8 Å². The minimum absolute atomic E-state index is 0.0166. The third kappa shape index (κ3) is 6.37. The SMILES string of the molecule is CCOc1cc(/C=N/NC(=O)C(NC(=O)c2ccc(Cl)c(Cl)c2)C(C)C)ccc1O. The van der Waals surface area contributed by atoms with Crippen molar-refractivity contribution in [3.63, 3.8) is 0 Å². The molecule has 0 aliphatic heterocycles. The Morgan fingerprint density at radius 3 is 2.53 bits per heavy atom. The fourth-order valence-corrected chi connectivity index (χ4v) is 2.82. The molecule has 2 rings (SSSR count). The summed E-state index contributed by atoms with van der Waals surface area (Å²) in [4.78, 5) is 25.0. The summed E-state index contributed by atoms with van der Waals surface area (Å²) in [6.45, 7) is 5.81. The lowest BCUT2D eigenvalue weighted by atomic mass is 10.0. The lowest BCUT2D eigenvalue weighted by Crippen LogP contribution is -2.48. The van der Waals surface area contributed by atoms with Gasteiger partial charge in [-0.15, -0.1) is 0 Å². The Bertz CT molecular complexity index is 948. The molecule has 2 amide bonds. The molecule has 0 radical (unpaired) electrons. The standard InChI is InChI=1S/C21H23Cl2N3O4/c1-4-30-18-9-13(5-8-17(18)27)11-24-26-21(29)19(12(2)3)25-20(28)14-6-7-15(22)16(23)10-14/h5-12,19,27H,4H2,1-3H3,(H,25,28)(H,26,29)/b24-11+. The number of phenols is 1. The molecule has 0 bridgehead atoms. The predicted molar refractivity (Wildman–Crippen MR) is 118 cm³/mol. The first kappa shape index (κ1) is 23.5. The number of carbonyl (C=O) groups excluding carboxylic acids is 2. The molecule has 1 unspecified atom stereocenters. The van der Waals surface area contributed by atoms with Crippen LogP contribution in [-0.2, 0) is 4.79 Å². The van der Waals surface area contributed by atoms with Crippen LogP contribution in [0.3, 0.4) is 0 Å². The molecule has 0 heterocycles. The third-order valence-corrected chi connectivity index (χ3v) is 4.83. The van der Waals surface area contributed by atoms with Gasteiger partial charge in [-0.3, -0.25) is 9.59 Å². The molecule has 3 N–H and O–H groups in total. The number of nitrogens with one attached hydrogen (secondary N) is 2. The zero-order valence-corrected chi connectivity index (χ0v) is 18.3. The lowest BCUT2D eigenvalue weighted by molar-refractivity contribution is -0.123. The molecule has 0 aromatic heterocycles. The van der Waals surface area contributed by atoms with Gasteiger partial charge in [0.25, 0.3) is 11.8 Å². The van der Waals surface area contributed by atoms with E-state index >= 15 is 0 Å². The summed E-state index contributed by atoms with van der Waals surface area (Å²) in [7, 11) is 0. The molecule has 160 valence electrons. The fraction of sp³-hybridized carbons (Fsp3) is 0.286. The summed E-state index contributed by atoms with van der Waals surface area (Å²) in [5.74, 6) is -0.778. The summed E-state index contributed by atoms with van der Waals surface area (Å²) in [5.41, 5.74) is 3.33. The summed E-state index contributed by atoms with van der Waals surface area (Å²) in [5, 5.41) is 16.9. The molecule has 0 aliphatic carbocycles. The van der Waals surface area contributed by atoms with E-state index in [1.807, 2.05) is 0 Å². The summed E-state index contributed by atoms with van der Waals surface area (Å²) in [6, 6.07) is 8.36. The Labute approximate surface area is 185 Å². The van der Waals surface area contributed by atoms with Crippen molar-refractivity contribution in [1.82, 2.24) is 10.7 Å². The van der Waals surface area contributed by atoms with Gasteiger partial charge in [-0.2, -0.15) is 5.10 Å². The van der Waals surface area contributed by atoms with E-state index in [-0.39, 0.29) is 16.7 Å². The molecule has 9 heteroatoms. The zero-order valence-electron chi connectivity index (χ0n) is 16.8. The highest BCUT2D eigenvalue weighted by atomic mass is 35.5. The first-order valence-corrected chi connectivity index (χ1v) is 10.0. The van der Waals surface area contributed by atoms with Crippen LogP contribution < -0.4 is 15.5 Å². The number of hydrogen-bond donors (Lipinski definition) is 3. The molecule has 0 aliphatic rings. The number of ether oxygens (including phenoxy) is 1. The first-order valence-electron chi connectivity index (χ1n) is 9.27. The van der Waals surface area contributed by atoms with Crippen LogP contribution >= 0.6 is 23.2 Å². The van der Waals surface area contributed by atoms with Gasteiger partial charge in [0.15, 0.2) is 11.5 Å². The van der Waals surface area contributed by atoms with Crippen LogP contribution in [0.5, 0.6) is 11.5 Å². The average molecular weight is 452 g/mol. The van der Waals surface area contributed by atoms with Crippen LogP contribution in [0, 0.1) is 5.92 Å². The Kier molecular flexibility index (Phi) is 8.50. The molecule has 1 atom stereocenters. The van der Waals surface area contributed by atoms with Crippen LogP contribution in [0.1, 0.15) is 36.7 Å². The smallest absolute Gasteiger partial charge is 0.262 e. The van der Waals surface area contributed by atoms with Crippen molar-refractivity contribution < 1.29 is 19.4 Å². The second kappa shape index (κ2) is 10.8. The quantitative estimate of drug-likeness (QED) is 0.416. The van der Waals surface area contributed by atoms with Crippen LogP contribution in [0.2, 0.25) is 10.0 Å². The second-order valence-corrected chi connectivity index (χ2v) is 7.53. The molecule has 30 heavy (non-hydrogen) atoms. The number of aromatic hydroxyl groups is 1. The molecule has 2 aromatic rings. The first-order chi connectivity index (χ1) is 14.2. The highest BCUT2D eigenvalue weighted by Crippen LogP contribution is 2.26. The molecule has 2 aromatic carbocycles. The van der Waals surface area contributed by atoms with E-state index in [0.29, 0.717) is 28.5 Å². The van der Waals surface area contributed by atoms with Crippen LogP contribution in [0.25, 0.3) is 0 Å². The van der Waals surface area contributed by atoms with E-state index in [9.17, 15) is 14.7 Å². The van der Waals surface area contributed by atoms with Crippen molar-refractivity contribution in [1.29, 1.82) is 0 Å². The largest absolute Gasteiger partial charge is 0.504 e. The van der Waals surface area contributed by atoms with Crippen LogP contribution in [-0.4, -0.2) is 35.8 Å². The highest BCUT2D eigenvalue weighted by molar-refractivity contribution is 6.42. The minimum atomic E-state index is -0.817. The van der Waals surface area contributed by atoms with Crippen molar-refractivity contribution in [2.45, 2.75) is 26.8 Å². The third-order valence-electron chi connectivity index (χ3n) is 4.09. The minimum Gasteiger partial charge on any atom is -0.504 e. The van der Waals surface area contributed by atoms with Gasteiger partial charge >= 0.3 is 0 Å². The second-order valence-electron chi connectivity index (χ2n) is 6.72. The number of hydrazone groups is 1. The van der Waals surface area contributed by atoms with E-state index in [1.165, 1.54) is 30.5 Å². The van der Waals surface area contributed by atoms with Gasteiger partial charge in [-0.25, -0.2) is 5.43 Å². The zero-order chi connectivity index (χ0) is 22.3. The number of hydrogen-bond acceptors (Lipinski definition) is 5. The van der Waals surface area contributed by atoms with Crippen molar-refractivity contribution in [3.8, 4) is 11.5 Å². The van der Waals surface area contributed by atoms with E-state index in [0.717, 1.165) is 0 Å². The Hall–Kier alpha value is -2.77. The summed E-state index contributed by atoms with van der Waals surface area (Å²) >= 11 is 11.8.